The lowest BCUT2D eigenvalue weighted by Crippen LogP contribution is -2.15. The van der Waals surface area contributed by atoms with Crippen molar-refractivity contribution in [3.63, 3.8) is 0 Å². The molecule has 0 saturated carbocycles. The van der Waals surface area contributed by atoms with E-state index in [9.17, 15) is 0 Å². The topological polar surface area (TPSA) is 49.8 Å². The molecule has 2 N–H and O–H groups in total. The maximum absolute atomic E-state index is 4.29. The van der Waals surface area contributed by atoms with Gasteiger partial charge < -0.3 is 10.6 Å². The van der Waals surface area contributed by atoms with Gasteiger partial charge in [-0.05, 0) is 11.8 Å². The lowest BCUT2D eigenvalue weighted by atomic mass is 10.2. The summed E-state index contributed by atoms with van der Waals surface area (Å²) in [6.45, 7) is 10.5. The molecule has 0 unspecified atom stereocenters. The van der Waals surface area contributed by atoms with Crippen LogP contribution in [0.3, 0.4) is 0 Å². The van der Waals surface area contributed by atoms with Crippen LogP contribution in [0.25, 0.3) is 0 Å². The van der Waals surface area contributed by atoms with Crippen molar-refractivity contribution in [2.24, 2.45) is 11.8 Å². The van der Waals surface area contributed by atoms with Crippen molar-refractivity contribution in [3.05, 3.63) is 12.4 Å². The molecule has 0 radical (unpaired) electrons. The Morgan fingerprint density at radius 1 is 0.875 bits per heavy atom. The molecule has 0 aliphatic heterocycles. The van der Waals surface area contributed by atoms with Gasteiger partial charge in [-0.2, -0.15) is 0 Å². The maximum Gasteiger partial charge on any atom is 0.169 e. The van der Waals surface area contributed by atoms with Gasteiger partial charge in [-0.15, -0.1) is 0 Å². The molecule has 1 aromatic heterocycles. The molecule has 1 heterocycles. The number of nitrogens with zero attached hydrogens (tertiary/aromatic N) is 2. The predicted octanol–water partition coefficient (Wildman–Crippen LogP) is 2.61. The van der Waals surface area contributed by atoms with Gasteiger partial charge in [-0.25, -0.2) is 9.97 Å². The highest BCUT2D eigenvalue weighted by Crippen LogP contribution is 2.15. The number of hydrogen-bond acceptors (Lipinski definition) is 4. The highest BCUT2D eigenvalue weighted by Gasteiger charge is 2.05. The van der Waals surface area contributed by atoms with E-state index < -0.39 is 0 Å². The molecule has 0 spiro atoms. The molecule has 0 aromatic carbocycles. The number of rotatable bonds is 6. The Morgan fingerprint density at radius 2 is 1.25 bits per heavy atom. The largest absolute Gasteiger partial charge is 0.367 e. The fourth-order valence-electron chi connectivity index (χ4n) is 1.20. The number of nitrogens with one attached hydrogen (secondary N) is 2. The van der Waals surface area contributed by atoms with E-state index in [4.69, 9.17) is 0 Å². The van der Waals surface area contributed by atoms with Gasteiger partial charge in [0.25, 0.3) is 0 Å². The third-order valence-corrected chi connectivity index (χ3v) is 2.05. The van der Waals surface area contributed by atoms with Crippen molar-refractivity contribution in [1.29, 1.82) is 0 Å². The molecule has 4 nitrogen and oxygen atoms in total. The Balaban J connectivity index is 2.60. The Bertz CT molecular complexity index is 279. The summed E-state index contributed by atoms with van der Waals surface area (Å²) < 4.78 is 0. The summed E-state index contributed by atoms with van der Waals surface area (Å²) in [5.74, 6) is 2.88. The smallest absolute Gasteiger partial charge is 0.169 e. The maximum atomic E-state index is 4.29. The molecule has 0 aliphatic rings. The molecule has 4 heteroatoms. The summed E-state index contributed by atoms with van der Waals surface area (Å²) in [4.78, 5) is 8.58. The molecule has 0 saturated heterocycles. The third kappa shape index (κ3) is 4.47. The van der Waals surface area contributed by atoms with Crippen LogP contribution in [-0.4, -0.2) is 23.1 Å². The normalized spacial score (nSPS) is 10.9. The van der Waals surface area contributed by atoms with Crippen LogP contribution in [0.1, 0.15) is 27.7 Å². The molecular weight excluding hydrogens is 200 g/mol. The molecule has 0 fully saturated rings. The first-order valence-electron chi connectivity index (χ1n) is 5.88. The first kappa shape index (κ1) is 12.7. The van der Waals surface area contributed by atoms with Gasteiger partial charge in [-0.1, -0.05) is 27.7 Å². The van der Waals surface area contributed by atoms with Gasteiger partial charge in [0, 0.05) is 25.5 Å². The monoisotopic (exact) mass is 222 g/mol. The minimum absolute atomic E-state index is 0.597. The van der Waals surface area contributed by atoms with E-state index in [2.05, 4.69) is 48.3 Å². The van der Waals surface area contributed by atoms with E-state index in [1.807, 2.05) is 0 Å². The van der Waals surface area contributed by atoms with Crippen LogP contribution >= 0.6 is 0 Å². The van der Waals surface area contributed by atoms with Crippen molar-refractivity contribution < 1.29 is 0 Å². The molecule has 1 aromatic rings. The van der Waals surface area contributed by atoms with E-state index in [1.165, 1.54) is 0 Å². The average Bonchev–Trinajstić information content (AvgIpc) is 2.24. The van der Waals surface area contributed by atoms with Crippen molar-refractivity contribution in [2.75, 3.05) is 23.7 Å². The van der Waals surface area contributed by atoms with Crippen molar-refractivity contribution >= 4 is 11.6 Å². The zero-order chi connectivity index (χ0) is 12.0. The molecule has 0 atom stereocenters. The van der Waals surface area contributed by atoms with E-state index in [0.29, 0.717) is 11.8 Å². The van der Waals surface area contributed by atoms with E-state index in [1.54, 1.807) is 12.4 Å². The zero-order valence-electron chi connectivity index (χ0n) is 10.6. The van der Waals surface area contributed by atoms with E-state index in [-0.39, 0.29) is 0 Å². The Morgan fingerprint density at radius 3 is 1.56 bits per heavy atom. The van der Waals surface area contributed by atoms with Crippen molar-refractivity contribution in [3.8, 4) is 0 Å². The van der Waals surface area contributed by atoms with E-state index in [0.717, 1.165) is 24.7 Å². The molecule has 0 bridgehead atoms. The molecular formula is C12H22N4. The van der Waals surface area contributed by atoms with Crippen LogP contribution in [0, 0.1) is 11.8 Å². The van der Waals surface area contributed by atoms with Crippen LogP contribution < -0.4 is 10.6 Å². The van der Waals surface area contributed by atoms with Gasteiger partial charge in [0.15, 0.2) is 11.6 Å². The summed E-state index contributed by atoms with van der Waals surface area (Å²) in [6, 6.07) is 0. The van der Waals surface area contributed by atoms with Crippen LogP contribution in [0.2, 0.25) is 0 Å². The number of aromatic nitrogens is 2. The third-order valence-electron chi connectivity index (χ3n) is 2.05. The lowest BCUT2D eigenvalue weighted by molar-refractivity contribution is 0.681. The fraction of sp³-hybridized carbons (Fsp3) is 0.667. The Hall–Kier alpha value is -1.32. The van der Waals surface area contributed by atoms with E-state index >= 15 is 0 Å². The van der Waals surface area contributed by atoms with Crippen LogP contribution in [-0.2, 0) is 0 Å². The summed E-state index contributed by atoms with van der Waals surface area (Å²) in [6.07, 6.45) is 3.42. The summed E-state index contributed by atoms with van der Waals surface area (Å²) in [5, 5.41) is 6.60. The second-order valence-corrected chi connectivity index (χ2v) is 4.80. The minimum Gasteiger partial charge on any atom is -0.367 e. The Kier molecular flexibility index (Phi) is 5.02. The molecule has 0 amide bonds. The first-order chi connectivity index (χ1) is 7.59. The second-order valence-electron chi connectivity index (χ2n) is 4.80. The summed E-state index contributed by atoms with van der Waals surface area (Å²) >= 11 is 0. The minimum atomic E-state index is 0.597. The highest BCUT2D eigenvalue weighted by atomic mass is 15.1. The fourth-order valence-corrected chi connectivity index (χ4v) is 1.20. The number of anilines is 2. The van der Waals surface area contributed by atoms with Gasteiger partial charge in [-0.3, -0.25) is 0 Å². The van der Waals surface area contributed by atoms with Crippen LogP contribution in [0.15, 0.2) is 12.4 Å². The summed E-state index contributed by atoms with van der Waals surface area (Å²) in [7, 11) is 0. The predicted molar refractivity (Wildman–Crippen MR) is 68.7 cm³/mol. The second kappa shape index (κ2) is 6.30. The van der Waals surface area contributed by atoms with Crippen LogP contribution in [0.5, 0.6) is 0 Å². The van der Waals surface area contributed by atoms with Crippen molar-refractivity contribution in [2.45, 2.75) is 27.7 Å². The SMILES string of the molecule is CC(C)CNc1nccnc1NCC(C)C. The van der Waals surface area contributed by atoms with Crippen LogP contribution in [0.4, 0.5) is 11.6 Å². The lowest BCUT2D eigenvalue weighted by Gasteiger charge is -2.13. The van der Waals surface area contributed by atoms with Gasteiger partial charge in [0.2, 0.25) is 0 Å². The summed E-state index contributed by atoms with van der Waals surface area (Å²) in [5.41, 5.74) is 0. The number of hydrogen-bond donors (Lipinski definition) is 2. The Labute approximate surface area is 97.9 Å². The average molecular weight is 222 g/mol. The van der Waals surface area contributed by atoms with Gasteiger partial charge >= 0.3 is 0 Å². The van der Waals surface area contributed by atoms with Gasteiger partial charge in [0.1, 0.15) is 0 Å². The quantitative estimate of drug-likeness (QED) is 0.777. The first-order valence-corrected chi connectivity index (χ1v) is 5.88. The molecule has 1 rings (SSSR count). The molecule has 0 aliphatic carbocycles. The van der Waals surface area contributed by atoms with Gasteiger partial charge in [0.05, 0.1) is 0 Å². The van der Waals surface area contributed by atoms with Crippen molar-refractivity contribution in [1.82, 2.24) is 9.97 Å². The standard InChI is InChI=1S/C12H22N4/c1-9(2)7-15-11-12(14-6-5-13-11)16-8-10(3)4/h5-6,9-10H,7-8H2,1-4H3,(H,13,15)(H,14,16). The highest BCUT2D eigenvalue weighted by molar-refractivity contribution is 5.58. The zero-order valence-corrected chi connectivity index (χ0v) is 10.6. The molecule has 16 heavy (non-hydrogen) atoms. The molecule has 90 valence electrons.